The summed E-state index contributed by atoms with van der Waals surface area (Å²) in [6.07, 6.45) is 9.63. The number of methoxy groups -OCH3 is 7. The minimum atomic E-state index is -0.401. The number of nitrogens with one attached hydrogen (secondary N) is 2. The molecule has 55 heavy (non-hydrogen) atoms. The molecular formula is C43H52N2O10. The van der Waals surface area contributed by atoms with Gasteiger partial charge in [0.25, 0.3) is 5.91 Å². The maximum atomic E-state index is 12.8. The summed E-state index contributed by atoms with van der Waals surface area (Å²) in [6.45, 7) is 1.13. The van der Waals surface area contributed by atoms with Gasteiger partial charge in [-0.3, -0.25) is 4.79 Å². The smallest absolute Gasteiger partial charge is 0.255 e. The van der Waals surface area contributed by atoms with Crippen molar-refractivity contribution in [2.24, 2.45) is 0 Å². The first-order valence-corrected chi connectivity index (χ1v) is 18.3. The molecule has 4 aromatic rings. The van der Waals surface area contributed by atoms with Crippen molar-refractivity contribution in [3.63, 3.8) is 0 Å². The minimum absolute atomic E-state index is 0.171. The zero-order valence-corrected chi connectivity index (χ0v) is 32.7. The first-order valence-electron chi connectivity index (χ1n) is 18.3. The second-order valence-electron chi connectivity index (χ2n) is 12.7. The number of ether oxygens (including phenoxy) is 9. The summed E-state index contributed by atoms with van der Waals surface area (Å²) in [5.74, 6) is 5.22. The lowest BCUT2D eigenvalue weighted by Gasteiger charge is -2.28. The molecular weight excluding hydrogens is 704 g/mol. The number of hydrogen-bond acceptors (Lipinski definition) is 11. The van der Waals surface area contributed by atoms with Crippen LogP contribution >= 0.6 is 0 Å². The van der Waals surface area contributed by atoms with E-state index in [1.54, 1.807) is 55.8 Å². The van der Waals surface area contributed by atoms with Crippen LogP contribution in [0.4, 0.5) is 5.69 Å². The Bertz CT molecular complexity index is 1880. The molecule has 0 fully saturated rings. The number of anilines is 1. The van der Waals surface area contributed by atoms with Gasteiger partial charge in [-0.15, -0.1) is 0 Å². The Balaban J connectivity index is 1.03. The summed E-state index contributed by atoms with van der Waals surface area (Å²) in [4.78, 5) is 12.8. The summed E-state index contributed by atoms with van der Waals surface area (Å²) < 4.78 is 50.9. The Morgan fingerprint density at radius 1 is 0.509 bits per heavy atom. The molecule has 1 aliphatic rings. The average molecular weight is 757 g/mol. The van der Waals surface area contributed by atoms with Crippen molar-refractivity contribution < 1.29 is 47.4 Å². The Hall–Kier alpha value is -5.91. The lowest BCUT2D eigenvalue weighted by Crippen LogP contribution is -2.38. The standard InChI is InChI=1S/C43H52N2O10/c1-47-31-17-18-33-32(27-31)43(46)45-42(44-33)30-16-19-34(35(26-30)48-2)54-20-12-10-8-9-11-13-21-55-41-38(51-5)24-29(25-39(41)52-6)15-14-28-22-36(49-3)40(53-7)37(23-28)50-4/h14-19,22-27,42,44H,8-13,20-21H2,1-7H3,(H,45,46)/b15-14+. The van der Waals surface area contributed by atoms with E-state index < -0.39 is 6.17 Å². The molecule has 0 saturated heterocycles. The van der Waals surface area contributed by atoms with Crippen LogP contribution in [-0.4, -0.2) is 68.9 Å². The van der Waals surface area contributed by atoms with Gasteiger partial charge in [0.15, 0.2) is 34.5 Å². The molecule has 1 unspecified atom stereocenters. The van der Waals surface area contributed by atoms with E-state index in [0.29, 0.717) is 70.5 Å². The zero-order chi connectivity index (χ0) is 39.2. The SMILES string of the molecule is COc1ccc2c(c1)C(=O)NC(c1ccc(OCCCCCCCCOc3c(OC)cc(/C=C/c4cc(OC)c(OC)c(OC)c4)cc3OC)c(OC)c1)N2. The lowest BCUT2D eigenvalue weighted by atomic mass is 10.0. The molecule has 12 heteroatoms. The molecule has 0 bridgehead atoms. The normalized spacial score (nSPS) is 13.3. The molecule has 2 N–H and O–H groups in total. The number of rotatable bonds is 21. The summed E-state index contributed by atoms with van der Waals surface area (Å²) in [7, 11) is 11.2. The number of amides is 1. The van der Waals surface area contributed by atoms with E-state index in [-0.39, 0.29) is 5.91 Å². The molecule has 0 spiro atoms. The van der Waals surface area contributed by atoms with Crippen molar-refractivity contribution in [2.75, 3.05) is 68.3 Å². The van der Waals surface area contributed by atoms with Gasteiger partial charge in [0, 0.05) is 5.69 Å². The Kier molecular flexibility index (Phi) is 14.6. The highest BCUT2D eigenvalue weighted by atomic mass is 16.5. The number of carbonyl (C=O) groups is 1. The van der Waals surface area contributed by atoms with Crippen LogP contribution in [0.25, 0.3) is 12.2 Å². The molecule has 5 rings (SSSR count). The third-order valence-corrected chi connectivity index (χ3v) is 9.25. The second-order valence-corrected chi connectivity index (χ2v) is 12.7. The maximum absolute atomic E-state index is 12.8. The Labute approximate surface area is 323 Å². The molecule has 1 atom stereocenters. The van der Waals surface area contributed by atoms with Gasteiger partial charge in [-0.25, -0.2) is 0 Å². The monoisotopic (exact) mass is 756 g/mol. The van der Waals surface area contributed by atoms with Crippen molar-refractivity contribution >= 4 is 23.7 Å². The van der Waals surface area contributed by atoms with E-state index in [0.717, 1.165) is 60.9 Å². The van der Waals surface area contributed by atoms with E-state index >= 15 is 0 Å². The Morgan fingerprint density at radius 2 is 1.05 bits per heavy atom. The highest BCUT2D eigenvalue weighted by Gasteiger charge is 2.26. The fourth-order valence-electron chi connectivity index (χ4n) is 6.31. The highest BCUT2D eigenvalue weighted by Crippen LogP contribution is 2.41. The first-order chi connectivity index (χ1) is 26.8. The van der Waals surface area contributed by atoms with Gasteiger partial charge in [-0.2, -0.15) is 0 Å². The molecule has 1 heterocycles. The van der Waals surface area contributed by atoms with Crippen LogP contribution < -0.4 is 53.3 Å². The van der Waals surface area contributed by atoms with Crippen LogP contribution in [-0.2, 0) is 0 Å². The Morgan fingerprint density at radius 3 is 1.60 bits per heavy atom. The number of hydrogen-bond donors (Lipinski definition) is 2. The topological polar surface area (TPSA) is 124 Å². The van der Waals surface area contributed by atoms with Crippen LogP contribution in [0.15, 0.2) is 60.7 Å². The number of unbranched alkanes of at least 4 members (excludes halogenated alkanes) is 5. The van der Waals surface area contributed by atoms with Gasteiger partial charge >= 0.3 is 0 Å². The molecule has 0 aromatic heterocycles. The van der Waals surface area contributed by atoms with Crippen LogP contribution in [0.3, 0.4) is 0 Å². The lowest BCUT2D eigenvalue weighted by molar-refractivity contribution is 0.0935. The maximum Gasteiger partial charge on any atom is 0.255 e. The van der Waals surface area contributed by atoms with Gasteiger partial charge in [-0.05, 0) is 84.1 Å². The summed E-state index contributed by atoms with van der Waals surface area (Å²) in [5.41, 5.74) is 3.91. The predicted molar refractivity (Wildman–Crippen MR) is 213 cm³/mol. The summed E-state index contributed by atoms with van der Waals surface area (Å²) in [5, 5.41) is 6.37. The average Bonchev–Trinajstić information content (AvgIpc) is 3.22. The summed E-state index contributed by atoms with van der Waals surface area (Å²) >= 11 is 0. The van der Waals surface area contributed by atoms with Crippen molar-refractivity contribution in [1.29, 1.82) is 0 Å². The first kappa shape index (κ1) is 40.3. The molecule has 294 valence electrons. The minimum Gasteiger partial charge on any atom is -0.497 e. The zero-order valence-electron chi connectivity index (χ0n) is 32.7. The van der Waals surface area contributed by atoms with Crippen LogP contribution in [0, 0.1) is 0 Å². The van der Waals surface area contributed by atoms with Gasteiger partial charge in [0.05, 0.1) is 68.5 Å². The van der Waals surface area contributed by atoms with Crippen molar-refractivity contribution in [3.8, 4) is 51.7 Å². The molecule has 1 amide bonds. The van der Waals surface area contributed by atoms with E-state index in [9.17, 15) is 4.79 Å². The van der Waals surface area contributed by atoms with Gasteiger partial charge in [-0.1, -0.05) is 43.9 Å². The fraction of sp³-hybridized carbons (Fsp3) is 0.372. The van der Waals surface area contributed by atoms with E-state index in [1.807, 2.05) is 66.7 Å². The van der Waals surface area contributed by atoms with Crippen molar-refractivity contribution in [3.05, 3.63) is 82.9 Å². The molecule has 0 aliphatic carbocycles. The molecule has 0 saturated carbocycles. The number of benzene rings is 4. The van der Waals surface area contributed by atoms with E-state index in [2.05, 4.69) is 10.6 Å². The number of fused-ring (bicyclic) bond motifs is 1. The van der Waals surface area contributed by atoms with Gasteiger partial charge in [0.1, 0.15) is 11.9 Å². The van der Waals surface area contributed by atoms with Gasteiger partial charge in [0.2, 0.25) is 11.5 Å². The van der Waals surface area contributed by atoms with Gasteiger partial charge < -0.3 is 53.3 Å². The molecule has 12 nitrogen and oxygen atoms in total. The molecule has 1 aliphatic heterocycles. The largest absolute Gasteiger partial charge is 0.497 e. The van der Waals surface area contributed by atoms with Crippen molar-refractivity contribution in [1.82, 2.24) is 5.32 Å². The quantitative estimate of drug-likeness (QED) is 0.0628. The fourth-order valence-corrected chi connectivity index (χ4v) is 6.31. The third kappa shape index (κ3) is 10.2. The van der Waals surface area contributed by atoms with E-state index in [4.69, 9.17) is 42.6 Å². The predicted octanol–water partition coefficient (Wildman–Crippen LogP) is 8.57. The highest BCUT2D eigenvalue weighted by molar-refractivity contribution is 6.02. The summed E-state index contributed by atoms with van der Waals surface area (Å²) in [6, 6.07) is 18.7. The van der Waals surface area contributed by atoms with E-state index in [1.165, 1.54) is 0 Å². The van der Waals surface area contributed by atoms with Crippen LogP contribution in [0.2, 0.25) is 0 Å². The molecule has 0 radical (unpaired) electrons. The third-order valence-electron chi connectivity index (χ3n) is 9.25. The number of carbonyl (C=O) groups excluding carboxylic acids is 1. The van der Waals surface area contributed by atoms with Crippen LogP contribution in [0.5, 0.6) is 51.7 Å². The van der Waals surface area contributed by atoms with Crippen molar-refractivity contribution in [2.45, 2.75) is 44.7 Å². The van der Waals surface area contributed by atoms with Crippen LogP contribution in [0.1, 0.15) is 71.7 Å². The second kappa shape index (κ2) is 20.0. The molecule has 4 aromatic carbocycles.